The van der Waals surface area contributed by atoms with E-state index in [1.165, 1.54) is 24.3 Å². The number of rotatable bonds is 9. The van der Waals surface area contributed by atoms with Crippen molar-refractivity contribution < 1.29 is 22.7 Å². The van der Waals surface area contributed by atoms with Crippen molar-refractivity contribution in [3.8, 4) is 5.75 Å². The van der Waals surface area contributed by atoms with E-state index < -0.39 is 16.0 Å². The van der Waals surface area contributed by atoms with Crippen LogP contribution in [0.5, 0.6) is 5.75 Å². The van der Waals surface area contributed by atoms with Crippen LogP contribution in [0.25, 0.3) is 0 Å². The number of benzene rings is 2. The standard InChI is InChI=1S/C20H25NO5S/c1-4-15-8-7-9-16(5-2)20(15)21-27(23,24)18-12-10-17(11-13-18)26-14-19(22)25-6-3/h7-13,21H,4-6,14H2,1-3H3. The minimum Gasteiger partial charge on any atom is -0.482 e. The first kappa shape index (κ1) is 20.8. The number of carbonyl (C=O) groups excluding carboxylic acids is 1. The van der Waals surface area contributed by atoms with Crippen LogP contribution in [0.4, 0.5) is 5.69 Å². The Bertz CT molecular complexity index is 853. The first-order chi connectivity index (χ1) is 12.9. The molecular formula is C20H25NO5S. The molecule has 0 aliphatic heterocycles. The lowest BCUT2D eigenvalue weighted by Crippen LogP contribution is -2.16. The minimum absolute atomic E-state index is 0.124. The van der Waals surface area contributed by atoms with Gasteiger partial charge in [0, 0.05) is 0 Å². The molecule has 0 fully saturated rings. The van der Waals surface area contributed by atoms with E-state index in [0.717, 1.165) is 24.0 Å². The molecule has 0 unspecified atom stereocenters. The van der Waals surface area contributed by atoms with Crippen molar-refractivity contribution >= 4 is 21.7 Å². The molecule has 0 spiro atoms. The van der Waals surface area contributed by atoms with Crippen LogP contribution in [0, 0.1) is 0 Å². The van der Waals surface area contributed by atoms with Gasteiger partial charge < -0.3 is 9.47 Å². The second kappa shape index (κ2) is 9.41. The summed E-state index contributed by atoms with van der Waals surface area (Å²) in [6.07, 6.45) is 1.46. The van der Waals surface area contributed by atoms with Gasteiger partial charge in [-0.25, -0.2) is 13.2 Å². The number of aryl methyl sites for hydroxylation is 2. The third kappa shape index (κ3) is 5.47. The van der Waals surface area contributed by atoms with Gasteiger partial charge in [-0.3, -0.25) is 4.72 Å². The van der Waals surface area contributed by atoms with Gasteiger partial charge in [-0.15, -0.1) is 0 Å². The number of hydrogen-bond acceptors (Lipinski definition) is 5. The van der Waals surface area contributed by atoms with E-state index in [9.17, 15) is 13.2 Å². The maximum atomic E-state index is 12.8. The largest absolute Gasteiger partial charge is 0.482 e. The fourth-order valence-electron chi connectivity index (χ4n) is 2.63. The second-order valence-electron chi connectivity index (χ2n) is 5.83. The third-order valence-corrected chi connectivity index (χ3v) is 5.40. The highest BCUT2D eigenvalue weighted by atomic mass is 32.2. The molecule has 0 amide bonds. The Kier molecular flexibility index (Phi) is 7.24. The zero-order valence-electron chi connectivity index (χ0n) is 15.8. The van der Waals surface area contributed by atoms with E-state index in [4.69, 9.17) is 9.47 Å². The molecule has 2 aromatic rings. The van der Waals surface area contributed by atoms with Crippen LogP contribution in [0.3, 0.4) is 0 Å². The van der Waals surface area contributed by atoms with Gasteiger partial charge in [0.1, 0.15) is 5.75 Å². The van der Waals surface area contributed by atoms with Crippen LogP contribution in [0.1, 0.15) is 31.9 Å². The average molecular weight is 391 g/mol. The predicted molar refractivity (Wildman–Crippen MR) is 105 cm³/mol. The van der Waals surface area contributed by atoms with Gasteiger partial charge in [-0.05, 0) is 55.2 Å². The van der Waals surface area contributed by atoms with Gasteiger partial charge in [0.2, 0.25) is 0 Å². The summed E-state index contributed by atoms with van der Waals surface area (Å²) in [7, 11) is -3.73. The average Bonchev–Trinajstić information content (AvgIpc) is 2.67. The van der Waals surface area contributed by atoms with E-state index in [1.807, 2.05) is 32.0 Å². The third-order valence-electron chi connectivity index (χ3n) is 4.03. The van der Waals surface area contributed by atoms with E-state index >= 15 is 0 Å². The molecule has 146 valence electrons. The van der Waals surface area contributed by atoms with E-state index in [2.05, 4.69) is 4.72 Å². The summed E-state index contributed by atoms with van der Waals surface area (Å²) in [6.45, 7) is 5.75. The first-order valence-corrected chi connectivity index (χ1v) is 10.4. The number of esters is 1. The van der Waals surface area contributed by atoms with Crippen molar-refractivity contribution in [2.45, 2.75) is 38.5 Å². The Labute approximate surface area is 160 Å². The first-order valence-electron chi connectivity index (χ1n) is 8.93. The number of hydrogen-bond donors (Lipinski definition) is 1. The molecule has 0 saturated heterocycles. The summed E-state index contributed by atoms with van der Waals surface area (Å²) in [6, 6.07) is 11.7. The SMILES string of the molecule is CCOC(=O)COc1ccc(S(=O)(=O)Nc2c(CC)cccc2CC)cc1. The van der Waals surface area contributed by atoms with Gasteiger partial charge in [0.25, 0.3) is 10.0 Å². The maximum absolute atomic E-state index is 12.8. The molecule has 0 aliphatic rings. The number of sulfonamides is 1. The molecule has 27 heavy (non-hydrogen) atoms. The monoisotopic (exact) mass is 391 g/mol. The van der Waals surface area contributed by atoms with Crippen LogP contribution < -0.4 is 9.46 Å². The molecule has 1 N–H and O–H groups in total. The summed E-state index contributed by atoms with van der Waals surface area (Å²) < 4.78 is 38.3. The van der Waals surface area contributed by atoms with Gasteiger partial charge in [-0.2, -0.15) is 0 Å². The molecular weight excluding hydrogens is 366 g/mol. The van der Waals surface area contributed by atoms with Crippen LogP contribution >= 0.6 is 0 Å². The molecule has 2 rings (SSSR count). The highest BCUT2D eigenvalue weighted by molar-refractivity contribution is 7.92. The lowest BCUT2D eigenvalue weighted by Gasteiger charge is -2.16. The Morgan fingerprint density at radius 1 is 0.963 bits per heavy atom. The molecule has 0 saturated carbocycles. The molecule has 2 aromatic carbocycles. The van der Waals surface area contributed by atoms with E-state index in [-0.39, 0.29) is 18.1 Å². The summed E-state index contributed by atoms with van der Waals surface area (Å²) >= 11 is 0. The molecule has 0 radical (unpaired) electrons. The topological polar surface area (TPSA) is 81.7 Å². The quantitative estimate of drug-likeness (QED) is 0.661. The number of anilines is 1. The van der Waals surface area contributed by atoms with Crippen LogP contribution in [-0.4, -0.2) is 27.6 Å². The maximum Gasteiger partial charge on any atom is 0.344 e. The summed E-state index contributed by atoms with van der Waals surface area (Å²) in [5, 5.41) is 0. The van der Waals surface area contributed by atoms with Crippen molar-refractivity contribution in [2.24, 2.45) is 0 Å². The fraction of sp³-hybridized carbons (Fsp3) is 0.350. The zero-order valence-corrected chi connectivity index (χ0v) is 16.6. The Hall–Kier alpha value is -2.54. The normalized spacial score (nSPS) is 11.1. The lowest BCUT2D eigenvalue weighted by atomic mass is 10.0. The van der Waals surface area contributed by atoms with Gasteiger partial charge >= 0.3 is 5.97 Å². The molecule has 7 heteroatoms. The molecule has 0 heterocycles. The molecule has 0 atom stereocenters. The smallest absolute Gasteiger partial charge is 0.344 e. The van der Waals surface area contributed by atoms with Gasteiger partial charge in [0.05, 0.1) is 17.2 Å². The Balaban J connectivity index is 2.17. The second-order valence-corrected chi connectivity index (χ2v) is 7.51. The molecule has 0 aliphatic carbocycles. The Morgan fingerprint density at radius 3 is 2.07 bits per heavy atom. The van der Waals surface area contributed by atoms with Crippen LogP contribution in [-0.2, 0) is 32.4 Å². The Morgan fingerprint density at radius 2 is 1.56 bits per heavy atom. The van der Waals surface area contributed by atoms with Crippen LogP contribution in [0.15, 0.2) is 47.4 Å². The van der Waals surface area contributed by atoms with Crippen molar-refractivity contribution in [2.75, 3.05) is 17.9 Å². The summed E-state index contributed by atoms with van der Waals surface area (Å²) in [5.74, 6) is -0.0793. The van der Waals surface area contributed by atoms with Crippen molar-refractivity contribution in [3.05, 3.63) is 53.6 Å². The van der Waals surface area contributed by atoms with Crippen molar-refractivity contribution in [1.29, 1.82) is 0 Å². The minimum atomic E-state index is -3.73. The number of carbonyl (C=O) groups is 1. The molecule has 0 aromatic heterocycles. The highest BCUT2D eigenvalue weighted by Gasteiger charge is 2.18. The van der Waals surface area contributed by atoms with Crippen LogP contribution in [0.2, 0.25) is 0 Å². The number of para-hydroxylation sites is 1. The summed E-state index contributed by atoms with van der Waals surface area (Å²) in [4.78, 5) is 11.4. The molecule has 0 bridgehead atoms. The number of nitrogens with one attached hydrogen (secondary N) is 1. The van der Waals surface area contributed by atoms with Gasteiger partial charge in [-0.1, -0.05) is 32.0 Å². The van der Waals surface area contributed by atoms with E-state index in [1.54, 1.807) is 6.92 Å². The predicted octanol–water partition coefficient (Wildman–Crippen LogP) is 3.55. The molecule has 6 nitrogen and oxygen atoms in total. The zero-order chi connectivity index (χ0) is 19.9. The van der Waals surface area contributed by atoms with Crippen molar-refractivity contribution in [1.82, 2.24) is 0 Å². The number of ether oxygens (including phenoxy) is 2. The van der Waals surface area contributed by atoms with E-state index in [0.29, 0.717) is 11.4 Å². The highest BCUT2D eigenvalue weighted by Crippen LogP contribution is 2.26. The lowest BCUT2D eigenvalue weighted by molar-refractivity contribution is -0.145. The van der Waals surface area contributed by atoms with Crippen molar-refractivity contribution in [3.63, 3.8) is 0 Å². The van der Waals surface area contributed by atoms with Gasteiger partial charge in [0.15, 0.2) is 6.61 Å². The fourth-order valence-corrected chi connectivity index (χ4v) is 3.77. The summed E-state index contributed by atoms with van der Waals surface area (Å²) in [5.41, 5.74) is 2.55.